The molecule has 2 aromatic rings. The highest BCUT2D eigenvalue weighted by Gasteiger charge is 2.46. The van der Waals surface area contributed by atoms with Crippen LogP contribution < -0.4 is 5.73 Å². The summed E-state index contributed by atoms with van der Waals surface area (Å²) in [5.74, 6) is 0.237. The zero-order valence-electron chi connectivity index (χ0n) is 12.7. The van der Waals surface area contributed by atoms with Crippen LogP contribution in [0.1, 0.15) is 13.2 Å². The van der Waals surface area contributed by atoms with Crippen LogP contribution in [0.4, 0.5) is 5.82 Å². The van der Waals surface area contributed by atoms with Crippen LogP contribution in [-0.4, -0.2) is 68.1 Å². The Morgan fingerprint density at radius 3 is 2.91 bits per heavy atom. The number of nitrogens with two attached hydrogens (primary N) is 1. The number of aliphatic hydroxyl groups is 2. The van der Waals surface area contributed by atoms with Gasteiger partial charge in [0.1, 0.15) is 30.2 Å². The highest BCUT2D eigenvalue weighted by Crippen LogP contribution is 2.33. The minimum absolute atomic E-state index is 0.237. The predicted molar refractivity (Wildman–Crippen MR) is 78.1 cm³/mol. The van der Waals surface area contributed by atoms with Gasteiger partial charge in [-0.25, -0.2) is 15.0 Å². The molecule has 0 aromatic carbocycles. The number of aromatic nitrogens is 4. The molecule has 3 heterocycles. The molecule has 0 spiro atoms. The second-order valence-corrected chi connectivity index (χ2v) is 5.23. The Hall–Kier alpha value is -1.85. The van der Waals surface area contributed by atoms with Gasteiger partial charge in [0.2, 0.25) is 0 Å². The molecule has 126 valence electrons. The third-order valence-electron chi connectivity index (χ3n) is 3.83. The predicted octanol–water partition coefficient (Wildman–Crippen LogP) is -0.963. The number of nitrogens with zero attached hydrogens (tertiary/aromatic N) is 4. The lowest BCUT2D eigenvalue weighted by molar-refractivity contribution is -0.175. The fraction of sp³-hybridized carbons (Fsp3) is 0.615. The van der Waals surface area contributed by atoms with Crippen LogP contribution in [0.3, 0.4) is 0 Å². The quantitative estimate of drug-likeness (QED) is 0.593. The maximum absolute atomic E-state index is 10.6. The van der Waals surface area contributed by atoms with Gasteiger partial charge in [0.05, 0.1) is 12.9 Å². The van der Waals surface area contributed by atoms with Crippen LogP contribution in [0.5, 0.6) is 0 Å². The van der Waals surface area contributed by atoms with Crippen LogP contribution in [-0.2, 0) is 14.2 Å². The third kappa shape index (κ3) is 2.75. The molecule has 1 fully saturated rings. The molecule has 1 saturated heterocycles. The Morgan fingerprint density at radius 2 is 2.22 bits per heavy atom. The first kappa shape index (κ1) is 16.0. The lowest BCUT2D eigenvalue weighted by Gasteiger charge is -2.23. The molecule has 0 bridgehead atoms. The highest BCUT2D eigenvalue weighted by atomic mass is 16.7. The first-order chi connectivity index (χ1) is 11.1. The largest absolute Gasteiger partial charge is 0.394 e. The molecule has 5 atom stereocenters. The van der Waals surface area contributed by atoms with Crippen molar-refractivity contribution in [2.24, 2.45) is 0 Å². The number of aliphatic hydroxyl groups excluding tert-OH is 2. The first-order valence-electron chi connectivity index (χ1n) is 7.12. The average molecular weight is 325 g/mol. The summed E-state index contributed by atoms with van der Waals surface area (Å²) in [6.45, 7) is 1.38. The van der Waals surface area contributed by atoms with E-state index in [0.29, 0.717) is 11.2 Å². The summed E-state index contributed by atoms with van der Waals surface area (Å²) < 4.78 is 17.9. The van der Waals surface area contributed by atoms with Crippen LogP contribution in [0, 0.1) is 0 Å². The molecule has 0 amide bonds. The first-order valence-corrected chi connectivity index (χ1v) is 7.12. The van der Waals surface area contributed by atoms with E-state index in [1.165, 1.54) is 19.8 Å². The van der Waals surface area contributed by atoms with Gasteiger partial charge in [-0.05, 0) is 6.92 Å². The van der Waals surface area contributed by atoms with Gasteiger partial charge in [0.25, 0.3) is 0 Å². The number of imidazole rings is 1. The van der Waals surface area contributed by atoms with E-state index in [1.807, 2.05) is 0 Å². The minimum atomic E-state index is -1.04. The van der Waals surface area contributed by atoms with Gasteiger partial charge < -0.3 is 30.2 Å². The van der Waals surface area contributed by atoms with E-state index >= 15 is 0 Å². The summed E-state index contributed by atoms with van der Waals surface area (Å²) in [7, 11) is 1.49. The van der Waals surface area contributed by atoms with Gasteiger partial charge in [-0.1, -0.05) is 0 Å². The van der Waals surface area contributed by atoms with Gasteiger partial charge in [0, 0.05) is 7.11 Å². The van der Waals surface area contributed by atoms with E-state index in [0.717, 1.165) is 0 Å². The van der Waals surface area contributed by atoms with Crippen molar-refractivity contribution in [3.8, 4) is 0 Å². The van der Waals surface area contributed by atoms with Crippen LogP contribution in [0.2, 0.25) is 0 Å². The molecule has 1 unspecified atom stereocenters. The van der Waals surface area contributed by atoms with Crippen molar-refractivity contribution in [3.05, 3.63) is 12.7 Å². The minimum Gasteiger partial charge on any atom is -0.394 e. The van der Waals surface area contributed by atoms with Crippen LogP contribution in [0.15, 0.2) is 12.7 Å². The normalized spacial score (nSPS) is 29.2. The molecule has 0 saturated carbocycles. The lowest BCUT2D eigenvalue weighted by Crippen LogP contribution is -2.38. The van der Waals surface area contributed by atoms with Crippen molar-refractivity contribution in [1.29, 1.82) is 0 Å². The smallest absolute Gasteiger partial charge is 0.167 e. The number of anilines is 1. The number of hydrogen-bond donors (Lipinski definition) is 3. The molecule has 23 heavy (non-hydrogen) atoms. The number of rotatable bonds is 5. The van der Waals surface area contributed by atoms with Crippen LogP contribution >= 0.6 is 0 Å². The summed E-state index contributed by atoms with van der Waals surface area (Å²) in [5, 5.41) is 20.0. The maximum Gasteiger partial charge on any atom is 0.167 e. The Bertz CT molecular complexity index is 680. The van der Waals surface area contributed by atoms with Crippen molar-refractivity contribution in [3.63, 3.8) is 0 Å². The number of hydrogen-bond acceptors (Lipinski definition) is 9. The standard InChI is InChI=1S/C13H19N5O5/c1-6(21-2)22-10-7(3-19)23-13(9(10)20)18-5-17-8-11(14)15-4-16-12(8)18/h4-7,9-10,13,19-20H,3H2,1-2H3,(H2,14,15,16)/t6?,7-,9-,10-,13-/m1/s1. The van der Waals surface area contributed by atoms with Gasteiger partial charge in [-0.2, -0.15) is 0 Å². The number of ether oxygens (including phenoxy) is 3. The molecule has 3 rings (SSSR count). The Labute approximate surface area is 131 Å². The van der Waals surface area contributed by atoms with E-state index in [-0.39, 0.29) is 12.4 Å². The molecule has 10 heteroatoms. The molecule has 1 aliphatic rings. The van der Waals surface area contributed by atoms with E-state index in [4.69, 9.17) is 19.9 Å². The summed E-state index contributed by atoms with van der Waals surface area (Å²) in [4.78, 5) is 12.1. The maximum atomic E-state index is 10.6. The number of nitrogen functional groups attached to an aromatic ring is 1. The molecule has 4 N–H and O–H groups in total. The van der Waals surface area contributed by atoms with E-state index in [2.05, 4.69) is 15.0 Å². The molecule has 10 nitrogen and oxygen atoms in total. The van der Waals surface area contributed by atoms with E-state index in [9.17, 15) is 10.2 Å². The zero-order valence-corrected chi connectivity index (χ0v) is 12.7. The molecular weight excluding hydrogens is 306 g/mol. The van der Waals surface area contributed by atoms with Crippen molar-refractivity contribution in [1.82, 2.24) is 19.5 Å². The van der Waals surface area contributed by atoms with Crippen LogP contribution in [0.25, 0.3) is 11.2 Å². The fourth-order valence-electron chi connectivity index (χ4n) is 2.60. The fourth-order valence-corrected chi connectivity index (χ4v) is 2.60. The summed E-state index contributed by atoms with van der Waals surface area (Å²) >= 11 is 0. The van der Waals surface area contributed by atoms with Crippen molar-refractivity contribution < 1.29 is 24.4 Å². The Balaban J connectivity index is 1.92. The molecule has 1 aliphatic heterocycles. The Morgan fingerprint density at radius 1 is 1.43 bits per heavy atom. The summed E-state index contributed by atoms with van der Waals surface area (Å²) in [6.07, 6.45) is -1.11. The molecule has 0 aliphatic carbocycles. The van der Waals surface area contributed by atoms with Crippen molar-refractivity contribution in [2.45, 2.75) is 37.8 Å². The second-order valence-electron chi connectivity index (χ2n) is 5.23. The van der Waals surface area contributed by atoms with Gasteiger partial charge in [-0.3, -0.25) is 4.57 Å². The van der Waals surface area contributed by atoms with Gasteiger partial charge in [-0.15, -0.1) is 0 Å². The Kier molecular flexibility index (Phi) is 4.41. The van der Waals surface area contributed by atoms with Gasteiger partial charge >= 0.3 is 0 Å². The molecule has 2 aromatic heterocycles. The summed E-state index contributed by atoms with van der Waals surface area (Å²) in [6, 6.07) is 0. The monoisotopic (exact) mass is 325 g/mol. The molecule has 0 radical (unpaired) electrons. The number of methoxy groups -OCH3 is 1. The van der Waals surface area contributed by atoms with E-state index < -0.39 is 30.8 Å². The highest BCUT2D eigenvalue weighted by molar-refractivity contribution is 5.81. The summed E-state index contributed by atoms with van der Waals surface area (Å²) in [5.41, 5.74) is 6.60. The third-order valence-corrected chi connectivity index (χ3v) is 3.83. The second kappa shape index (κ2) is 6.34. The van der Waals surface area contributed by atoms with E-state index in [1.54, 1.807) is 11.5 Å². The van der Waals surface area contributed by atoms with Gasteiger partial charge in [0.15, 0.2) is 24.0 Å². The SMILES string of the molecule is COC(C)O[C@H]1[C@@H](O)[C@H](n2cnc3c(N)ncnc32)O[C@@H]1CO. The topological polar surface area (TPSA) is 138 Å². The van der Waals surface area contributed by atoms with Crippen molar-refractivity contribution >= 4 is 17.0 Å². The van der Waals surface area contributed by atoms with Crippen molar-refractivity contribution in [2.75, 3.05) is 19.5 Å². The lowest BCUT2D eigenvalue weighted by atomic mass is 10.1. The molecular formula is C13H19N5O5. The zero-order chi connectivity index (χ0) is 16.6. The number of fused-ring (bicyclic) bond motifs is 1. The average Bonchev–Trinajstić information content (AvgIpc) is 3.10.